The molecule has 1 N–H and O–H groups in total. The second-order valence-electron chi connectivity index (χ2n) is 7.60. The van der Waals surface area contributed by atoms with E-state index in [4.69, 9.17) is 11.6 Å². The van der Waals surface area contributed by atoms with Crippen LogP contribution in [0.15, 0.2) is 53.6 Å². The van der Waals surface area contributed by atoms with E-state index in [1.54, 1.807) is 12.1 Å². The summed E-state index contributed by atoms with van der Waals surface area (Å²) in [6, 6.07) is 10.0. The fourth-order valence-electron chi connectivity index (χ4n) is 3.50. The summed E-state index contributed by atoms with van der Waals surface area (Å²) >= 11 is 6.25. The minimum Gasteiger partial charge on any atom is -0.380 e. The van der Waals surface area contributed by atoms with Gasteiger partial charge in [-0.05, 0) is 55.4 Å². The Hall–Kier alpha value is -2.62. The van der Waals surface area contributed by atoms with E-state index in [0.717, 1.165) is 37.2 Å². The Kier molecular flexibility index (Phi) is 6.68. The fourth-order valence-corrected chi connectivity index (χ4v) is 5.15. The Balaban J connectivity index is 1.53. The quantitative estimate of drug-likeness (QED) is 0.523. The molecule has 4 rings (SSSR count). The van der Waals surface area contributed by atoms with Crippen molar-refractivity contribution < 1.29 is 17.2 Å². The molecule has 6 nitrogen and oxygen atoms in total. The number of anilines is 1. The maximum absolute atomic E-state index is 14.7. The summed E-state index contributed by atoms with van der Waals surface area (Å²) in [5.74, 6) is -1.82. The van der Waals surface area contributed by atoms with E-state index in [2.05, 4.69) is 20.4 Å². The number of likely N-dealkylation sites (tertiary alicyclic amines) is 1. The molecule has 2 heterocycles. The lowest BCUT2D eigenvalue weighted by Gasteiger charge is -2.31. The van der Waals surface area contributed by atoms with Crippen LogP contribution in [0, 0.1) is 11.6 Å². The molecule has 1 saturated heterocycles. The van der Waals surface area contributed by atoms with Gasteiger partial charge in [-0.1, -0.05) is 23.7 Å². The van der Waals surface area contributed by atoms with Crippen molar-refractivity contribution in [1.82, 2.24) is 15.1 Å². The average molecular weight is 479 g/mol. The maximum Gasteiger partial charge on any atom is 0.187 e. The molecule has 1 aromatic heterocycles. The van der Waals surface area contributed by atoms with Crippen molar-refractivity contribution in [3.8, 4) is 0 Å². The van der Waals surface area contributed by atoms with Crippen LogP contribution < -0.4 is 5.32 Å². The summed E-state index contributed by atoms with van der Waals surface area (Å²) in [6.07, 6.45) is 2.54. The highest BCUT2D eigenvalue weighted by atomic mass is 35.5. The summed E-state index contributed by atoms with van der Waals surface area (Å²) in [4.78, 5) is 1.69. The van der Waals surface area contributed by atoms with Gasteiger partial charge in [-0.3, -0.25) is 4.90 Å². The Morgan fingerprint density at radius 1 is 1.09 bits per heavy atom. The molecule has 10 heteroatoms. The molecule has 168 valence electrons. The van der Waals surface area contributed by atoms with Crippen LogP contribution in [-0.4, -0.2) is 36.6 Å². The van der Waals surface area contributed by atoms with E-state index in [-0.39, 0.29) is 28.8 Å². The zero-order valence-corrected chi connectivity index (χ0v) is 18.6. The zero-order chi connectivity index (χ0) is 22.7. The molecule has 3 aromatic rings. The van der Waals surface area contributed by atoms with E-state index in [1.807, 2.05) is 6.07 Å². The lowest BCUT2D eigenvalue weighted by molar-refractivity contribution is 0.172. The molecule has 1 aliphatic rings. The summed E-state index contributed by atoms with van der Waals surface area (Å²) in [5, 5.41) is 10.3. The van der Waals surface area contributed by atoms with Crippen molar-refractivity contribution in [3.05, 3.63) is 82.1 Å². The van der Waals surface area contributed by atoms with Crippen LogP contribution in [0.5, 0.6) is 0 Å². The smallest absolute Gasteiger partial charge is 0.187 e. The van der Waals surface area contributed by atoms with Crippen LogP contribution in [0.2, 0.25) is 5.02 Å². The standard InChI is InChI=1S/C22H21ClF2N4O2S/c23-18-10-22(32(30,31)14-16-5-2-7-27-28-16)20(25)11-21(18)26-12-17-15(4-1-6-19(17)24)13-29-8-3-9-29/h1-2,4-7,10-11,26H,3,8-9,12-14H2. The van der Waals surface area contributed by atoms with E-state index in [9.17, 15) is 17.2 Å². The van der Waals surface area contributed by atoms with E-state index >= 15 is 0 Å². The summed E-state index contributed by atoms with van der Waals surface area (Å²) in [7, 11) is -4.03. The first-order valence-electron chi connectivity index (χ1n) is 10.0. The van der Waals surface area contributed by atoms with Gasteiger partial charge in [0.2, 0.25) is 0 Å². The maximum atomic E-state index is 14.7. The molecule has 1 aliphatic heterocycles. The first kappa shape index (κ1) is 22.6. The van der Waals surface area contributed by atoms with Crippen molar-refractivity contribution >= 4 is 27.1 Å². The molecule has 0 radical (unpaired) electrons. The number of benzene rings is 2. The van der Waals surface area contributed by atoms with E-state index in [0.29, 0.717) is 12.1 Å². The van der Waals surface area contributed by atoms with E-state index in [1.165, 1.54) is 18.3 Å². The number of halogens is 3. The van der Waals surface area contributed by atoms with Gasteiger partial charge in [-0.2, -0.15) is 10.2 Å². The molecule has 0 aliphatic carbocycles. The predicted molar refractivity (Wildman–Crippen MR) is 118 cm³/mol. The lowest BCUT2D eigenvalue weighted by Crippen LogP contribution is -2.36. The Morgan fingerprint density at radius 2 is 1.91 bits per heavy atom. The number of nitrogens with zero attached hydrogens (tertiary/aromatic N) is 3. The molecule has 2 aromatic carbocycles. The molecule has 0 saturated carbocycles. The topological polar surface area (TPSA) is 75.2 Å². The molecule has 0 atom stereocenters. The highest BCUT2D eigenvalue weighted by Crippen LogP contribution is 2.30. The summed E-state index contributed by atoms with van der Waals surface area (Å²) in [6.45, 7) is 2.67. The van der Waals surface area contributed by atoms with Gasteiger partial charge in [0.1, 0.15) is 16.5 Å². The van der Waals surface area contributed by atoms with Crippen LogP contribution in [0.4, 0.5) is 14.5 Å². The van der Waals surface area contributed by atoms with Crippen LogP contribution in [0.3, 0.4) is 0 Å². The lowest BCUT2D eigenvalue weighted by atomic mass is 10.0. The third-order valence-corrected chi connectivity index (χ3v) is 7.31. The molecule has 1 fully saturated rings. The minimum atomic E-state index is -4.03. The van der Waals surface area contributed by atoms with Crippen molar-refractivity contribution in [1.29, 1.82) is 0 Å². The number of hydrogen-bond donors (Lipinski definition) is 1. The van der Waals surface area contributed by atoms with Crippen molar-refractivity contribution in [2.75, 3.05) is 18.4 Å². The number of sulfone groups is 1. The average Bonchev–Trinajstić information content (AvgIpc) is 2.72. The van der Waals surface area contributed by atoms with E-state index < -0.39 is 26.3 Å². The Labute approximate surface area is 190 Å². The number of rotatable bonds is 8. The van der Waals surface area contributed by atoms with Crippen LogP contribution in [0.25, 0.3) is 0 Å². The first-order chi connectivity index (χ1) is 15.3. The SMILES string of the molecule is O=S(=O)(Cc1cccnn1)c1cc(Cl)c(NCc2c(F)cccc2CN2CCC2)cc1F. The van der Waals surface area contributed by atoms with Crippen molar-refractivity contribution in [3.63, 3.8) is 0 Å². The third kappa shape index (κ3) is 5.06. The second-order valence-corrected chi connectivity index (χ2v) is 9.96. The van der Waals surface area contributed by atoms with Gasteiger partial charge < -0.3 is 5.32 Å². The number of nitrogens with one attached hydrogen (secondary N) is 1. The molecule has 0 spiro atoms. The normalized spacial score (nSPS) is 14.2. The monoisotopic (exact) mass is 478 g/mol. The van der Waals surface area contributed by atoms with Gasteiger partial charge in [0.15, 0.2) is 9.84 Å². The zero-order valence-electron chi connectivity index (χ0n) is 17.1. The first-order valence-corrected chi connectivity index (χ1v) is 12.1. The summed E-state index contributed by atoms with van der Waals surface area (Å²) in [5.41, 5.74) is 1.69. The van der Waals surface area contributed by atoms with Gasteiger partial charge in [0, 0.05) is 24.8 Å². The fraction of sp³-hybridized carbons (Fsp3) is 0.273. The molecular weight excluding hydrogens is 458 g/mol. The van der Waals surface area contributed by atoms with Crippen molar-refractivity contribution in [2.24, 2.45) is 0 Å². The van der Waals surface area contributed by atoms with Crippen molar-refractivity contribution in [2.45, 2.75) is 30.2 Å². The van der Waals surface area contributed by atoms with Gasteiger partial charge >= 0.3 is 0 Å². The molecule has 0 bridgehead atoms. The van der Waals surface area contributed by atoms with Gasteiger partial charge in [-0.25, -0.2) is 17.2 Å². The highest BCUT2D eigenvalue weighted by Gasteiger charge is 2.23. The number of hydrogen-bond acceptors (Lipinski definition) is 6. The molecule has 0 amide bonds. The highest BCUT2D eigenvalue weighted by molar-refractivity contribution is 7.90. The third-order valence-electron chi connectivity index (χ3n) is 5.34. The minimum absolute atomic E-state index is 0.0183. The van der Waals surface area contributed by atoms with Gasteiger partial charge in [0.05, 0.1) is 22.2 Å². The Morgan fingerprint density at radius 3 is 2.59 bits per heavy atom. The molecule has 32 heavy (non-hydrogen) atoms. The Bertz CT molecular complexity index is 1220. The molecular formula is C22H21ClF2N4O2S. The van der Waals surface area contributed by atoms with Crippen LogP contribution in [0.1, 0.15) is 23.2 Å². The van der Waals surface area contributed by atoms with Gasteiger partial charge in [-0.15, -0.1) is 0 Å². The van der Waals surface area contributed by atoms with Crippen LogP contribution >= 0.6 is 11.6 Å². The van der Waals surface area contributed by atoms with Crippen LogP contribution in [-0.2, 0) is 28.7 Å². The summed E-state index contributed by atoms with van der Waals surface area (Å²) < 4.78 is 54.5. The van der Waals surface area contributed by atoms with Gasteiger partial charge in [0.25, 0.3) is 0 Å². The largest absolute Gasteiger partial charge is 0.380 e. The molecule has 0 unspecified atom stereocenters. The predicted octanol–water partition coefficient (Wildman–Crippen LogP) is 4.20. The second kappa shape index (κ2) is 9.48. The number of aromatic nitrogens is 2.